The molecular formula is C16H16FNO. The Kier molecular flexibility index (Phi) is 4.42. The summed E-state index contributed by atoms with van der Waals surface area (Å²) in [6.45, 7) is 0.872. The van der Waals surface area contributed by atoms with Crippen LogP contribution in [0.4, 0.5) is 4.39 Å². The summed E-state index contributed by atoms with van der Waals surface area (Å²) in [6, 6.07) is 15.6. The zero-order chi connectivity index (χ0) is 13.7. The zero-order valence-electron chi connectivity index (χ0n) is 10.8. The van der Waals surface area contributed by atoms with Gasteiger partial charge in [0.1, 0.15) is 5.82 Å². The zero-order valence-corrected chi connectivity index (χ0v) is 10.8. The highest BCUT2D eigenvalue weighted by Crippen LogP contribution is 2.07. The maximum Gasteiger partial charge on any atom is 0.176 e. The van der Waals surface area contributed by atoms with Gasteiger partial charge in [-0.05, 0) is 24.7 Å². The van der Waals surface area contributed by atoms with E-state index in [1.54, 1.807) is 18.2 Å². The standard InChI is InChI=1S/C16H16FNO/c1-18(11-13-6-5-9-15(17)10-13)12-16(19)14-7-3-2-4-8-14/h2-10H,11-12H2,1H3. The van der Waals surface area contributed by atoms with Crippen molar-refractivity contribution in [2.75, 3.05) is 13.6 Å². The molecule has 0 heterocycles. The molecule has 2 rings (SSSR count). The van der Waals surface area contributed by atoms with E-state index in [1.807, 2.05) is 36.2 Å². The lowest BCUT2D eigenvalue weighted by Gasteiger charge is -2.15. The van der Waals surface area contributed by atoms with Crippen molar-refractivity contribution in [3.05, 3.63) is 71.5 Å². The molecule has 0 unspecified atom stereocenters. The van der Waals surface area contributed by atoms with Crippen LogP contribution in [-0.4, -0.2) is 24.3 Å². The van der Waals surface area contributed by atoms with E-state index in [-0.39, 0.29) is 11.6 Å². The minimum Gasteiger partial charge on any atom is -0.295 e. The van der Waals surface area contributed by atoms with Gasteiger partial charge < -0.3 is 0 Å². The fourth-order valence-corrected chi connectivity index (χ4v) is 1.96. The van der Waals surface area contributed by atoms with E-state index < -0.39 is 0 Å². The number of hydrogen-bond donors (Lipinski definition) is 0. The summed E-state index contributed by atoms with van der Waals surface area (Å²) in [7, 11) is 1.85. The molecule has 3 heteroatoms. The minimum absolute atomic E-state index is 0.0690. The third kappa shape index (κ3) is 4.00. The van der Waals surface area contributed by atoms with Crippen LogP contribution in [0.3, 0.4) is 0 Å². The van der Waals surface area contributed by atoms with Crippen LogP contribution in [0, 0.1) is 5.82 Å². The molecule has 2 aromatic carbocycles. The number of hydrogen-bond acceptors (Lipinski definition) is 2. The molecule has 19 heavy (non-hydrogen) atoms. The molecule has 0 bridgehead atoms. The van der Waals surface area contributed by atoms with E-state index in [0.29, 0.717) is 18.7 Å². The molecule has 0 aliphatic rings. The summed E-state index contributed by atoms with van der Waals surface area (Å²) in [6.07, 6.45) is 0. The summed E-state index contributed by atoms with van der Waals surface area (Å²) in [5.74, 6) is -0.181. The Bertz CT molecular complexity index is 554. The Hall–Kier alpha value is -2.00. The lowest BCUT2D eigenvalue weighted by atomic mass is 10.1. The number of ketones is 1. The Morgan fingerprint density at radius 2 is 1.84 bits per heavy atom. The number of carbonyl (C=O) groups excluding carboxylic acids is 1. The van der Waals surface area contributed by atoms with Crippen molar-refractivity contribution < 1.29 is 9.18 Å². The molecule has 0 N–H and O–H groups in total. The van der Waals surface area contributed by atoms with Crippen molar-refractivity contribution in [1.29, 1.82) is 0 Å². The van der Waals surface area contributed by atoms with Gasteiger partial charge >= 0.3 is 0 Å². The van der Waals surface area contributed by atoms with Gasteiger partial charge in [-0.1, -0.05) is 42.5 Å². The summed E-state index contributed by atoms with van der Waals surface area (Å²) in [5.41, 5.74) is 1.57. The van der Waals surface area contributed by atoms with E-state index >= 15 is 0 Å². The van der Waals surface area contributed by atoms with Crippen LogP contribution in [-0.2, 0) is 6.54 Å². The van der Waals surface area contributed by atoms with Crippen molar-refractivity contribution in [2.45, 2.75) is 6.54 Å². The Morgan fingerprint density at radius 3 is 2.53 bits per heavy atom. The van der Waals surface area contributed by atoms with Crippen LogP contribution in [0.15, 0.2) is 54.6 Å². The second-order valence-electron chi connectivity index (χ2n) is 4.59. The van der Waals surface area contributed by atoms with Crippen molar-refractivity contribution in [3.8, 4) is 0 Å². The van der Waals surface area contributed by atoms with Crippen molar-refractivity contribution in [2.24, 2.45) is 0 Å². The van der Waals surface area contributed by atoms with Gasteiger partial charge in [0.05, 0.1) is 6.54 Å². The largest absolute Gasteiger partial charge is 0.295 e. The number of benzene rings is 2. The van der Waals surface area contributed by atoms with Crippen molar-refractivity contribution >= 4 is 5.78 Å². The summed E-state index contributed by atoms with van der Waals surface area (Å²) < 4.78 is 13.1. The predicted molar refractivity (Wildman–Crippen MR) is 73.5 cm³/mol. The van der Waals surface area contributed by atoms with Crippen LogP contribution in [0.5, 0.6) is 0 Å². The maximum absolute atomic E-state index is 13.1. The van der Waals surface area contributed by atoms with Crippen molar-refractivity contribution in [1.82, 2.24) is 4.90 Å². The first-order valence-corrected chi connectivity index (χ1v) is 6.16. The summed E-state index contributed by atoms with van der Waals surface area (Å²) >= 11 is 0. The number of nitrogens with zero attached hydrogens (tertiary/aromatic N) is 1. The SMILES string of the molecule is CN(CC(=O)c1ccccc1)Cc1cccc(F)c1. The number of rotatable bonds is 5. The Balaban J connectivity index is 1.95. The Morgan fingerprint density at radius 1 is 1.11 bits per heavy atom. The fraction of sp³-hybridized carbons (Fsp3) is 0.188. The maximum atomic E-state index is 13.1. The van der Waals surface area contributed by atoms with E-state index in [0.717, 1.165) is 5.56 Å². The third-order valence-electron chi connectivity index (χ3n) is 2.85. The lowest BCUT2D eigenvalue weighted by Crippen LogP contribution is -2.25. The molecule has 0 atom stereocenters. The van der Waals surface area contributed by atoms with Crippen molar-refractivity contribution in [3.63, 3.8) is 0 Å². The third-order valence-corrected chi connectivity index (χ3v) is 2.85. The molecule has 0 fully saturated rings. The van der Waals surface area contributed by atoms with Crippen LogP contribution in [0.1, 0.15) is 15.9 Å². The summed E-state index contributed by atoms with van der Waals surface area (Å²) in [4.78, 5) is 13.9. The highest BCUT2D eigenvalue weighted by molar-refractivity contribution is 5.97. The molecule has 0 aliphatic carbocycles. The van der Waals surface area contributed by atoms with Gasteiger partial charge in [-0.2, -0.15) is 0 Å². The number of carbonyl (C=O) groups is 1. The topological polar surface area (TPSA) is 20.3 Å². The average Bonchev–Trinajstić information content (AvgIpc) is 2.39. The molecule has 0 spiro atoms. The first-order valence-electron chi connectivity index (χ1n) is 6.16. The van der Waals surface area contributed by atoms with E-state index in [2.05, 4.69) is 0 Å². The molecule has 0 amide bonds. The van der Waals surface area contributed by atoms with Gasteiger partial charge in [0.2, 0.25) is 0 Å². The molecule has 2 aromatic rings. The first kappa shape index (κ1) is 13.4. The minimum atomic E-state index is -0.250. The highest BCUT2D eigenvalue weighted by atomic mass is 19.1. The van der Waals surface area contributed by atoms with Crippen LogP contribution >= 0.6 is 0 Å². The molecule has 0 radical (unpaired) electrons. The van der Waals surface area contributed by atoms with Gasteiger partial charge in [0.25, 0.3) is 0 Å². The van der Waals surface area contributed by atoms with Gasteiger partial charge in [-0.3, -0.25) is 9.69 Å². The van der Waals surface area contributed by atoms with Crippen LogP contribution < -0.4 is 0 Å². The Labute approximate surface area is 112 Å². The smallest absolute Gasteiger partial charge is 0.176 e. The normalized spacial score (nSPS) is 10.7. The second kappa shape index (κ2) is 6.25. The summed E-state index contributed by atoms with van der Waals surface area (Å²) in [5, 5.41) is 0. The first-order chi connectivity index (χ1) is 9.15. The molecule has 2 nitrogen and oxygen atoms in total. The van der Waals surface area contributed by atoms with Gasteiger partial charge in [0.15, 0.2) is 5.78 Å². The van der Waals surface area contributed by atoms with E-state index in [4.69, 9.17) is 0 Å². The number of likely N-dealkylation sites (N-methyl/N-ethyl adjacent to an activating group) is 1. The molecule has 98 valence electrons. The van der Waals surface area contributed by atoms with Crippen LogP contribution in [0.2, 0.25) is 0 Å². The predicted octanol–water partition coefficient (Wildman–Crippen LogP) is 3.14. The average molecular weight is 257 g/mol. The molecular weight excluding hydrogens is 241 g/mol. The fourth-order valence-electron chi connectivity index (χ4n) is 1.96. The van der Waals surface area contributed by atoms with Gasteiger partial charge in [-0.15, -0.1) is 0 Å². The lowest BCUT2D eigenvalue weighted by molar-refractivity contribution is 0.0943. The van der Waals surface area contributed by atoms with Gasteiger partial charge in [0, 0.05) is 12.1 Å². The number of halogens is 1. The van der Waals surface area contributed by atoms with E-state index in [1.165, 1.54) is 12.1 Å². The number of Topliss-reactive ketones (excluding diaryl/α,β-unsaturated/α-hetero) is 1. The second-order valence-corrected chi connectivity index (χ2v) is 4.59. The molecule has 0 aliphatic heterocycles. The monoisotopic (exact) mass is 257 g/mol. The van der Waals surface area contributed by atoms with Crippen LogP contribution in [0.25, 0.3) is 0 Å². The van der Waals surface area contributed by atoms with E-state index in [9.17, 15) is 9.18 Å². The molecule has 0 aromatic heterocycles. The molecule has 0 saturated heterocycles. The quantitative estimate of drug-likeness (QED) is 0.767. The highest BCUT2D eigenvalue weighted by Gasteiger charge is 2.09. The molecule has 0 saturated carbocycles. The van der Waals surface area contributed by atoms with Gasteiger partial charge in [-0.25, -0.2) is 4.39 Å².